The third-order valence-corrected chi connectivity index (χ3v) is 5.94. The highest BCUT2D eigenvalue weighted by Crippen LogP contribution is 2.38. The molecule has 0 aliphatic carbocycles. The molecule has 2 rings (SSSR count). The van der Waals surface area contributed by atoms with Gasteiger partial charge in [0.1, 0.15) is 10.6 Å². The van der Waals surface area contributed by atoms with Crippen molar-refractivity contribution in [1.29, 1.82) is 0 Å². The number of amides is 1. The number of sulfonamides is 1. The number of nitrogens with one attached hydrogen (secondary N) is 1. The maximum absolute atomic E-state index is 12.7. The summed E-state index contributed by atoms with van der Waals surface area (Å²) in [6.45, 7) is 0. The Bertz CT molecular complexity index is 979. The van der Waals surface area contributed by atoms with Gasteiger partial charge in [0.25, 0.3) is 5.91 Å². The Labute approximate surface area is 170 Å². The largest absolute Gasteiger partial charge is 0.495 e. The molecule has 9 nitrogen and oxygen atoms in total. The van der Waals surface area contributed by atoms with E-state index in [4.69, 9.17) is 18.9 Å². The number of anilines is 1. The molecule has 0 aliphatic rings. The van der Waals surface area contributed by atoms with Crippen LogP contribution in [0.5, 0.6) is 23.0 Å². The Kier molecular flexibility index (Phi) is 6.93. The SMILES string of the molecule is COc1ccc(NC(=O)c2cc(OC)c(OC)c(OC)c2)cc1S(=O)(=O)N(C)C. The second-order valence-corrected chi connectivity index (χ2v) is 8.14. The van der Waals surface area contributed by atoms with Crippen LogP contribution < -0.4 is 24.3 Å². The van der Waals surface area contributed by atoms with Gasteiger partial charge in [-0.05, 0) is 30.3 Å². The second-order valence-electron chi connectivity index (χ2n) is 6.02. The number of carbonyl (C=O) groups is 1. The molecule has 0 saturated carbocycles. The highest BCUT2D eigenvalue weighted by Gasteiger charge is 2.23. The first-order valence-electron chi connectivity index (χ1n) is 8.41. The summed E-state index contributed by atoms with van der Waals surface area (Å²) in [6, 6.07) is 7.35. The molecule has 2 aromatic carbocycles. The van der Waals surface area contributed by atoms with Crippen LogP contribution in [0.15, 0.2) is 35.2 Å². The maximum atomic E-state index is 12.7. The standard InChI is InChI=1S/C19H24N2O7S/c1-21(2)29(23,24)17-11-13(7-8-14(17)25-3)20-19(22)12-9-15(26-4)18(28-6)16(10-12)27-5/h7-11H,1-6H3,(H,20,22). The predicted molar refractivity (Wildman–Crippen MR) is 108 cm³/mol. The topological polar surface area (TPSA) is 103 Å². The summed E-state index contributed by atoms with van der Waals surface area (Å²) in [5, 5.41) is 2.67. The monoisotopic (exact) mass is 424 g/mol. The van der Waals surface area contributed by atoms with Crippen molar-refractivity contribution in [2.75, 3.05) is 47.9 Å². The molecule has 0 radical (unpaired) electrons. The first-order valence-corrected chi connectivity index (χ1v) is 9.85. The van der Waals surface area contributed by atoms with E-state index in [0.29, 0.717) is 17.2 Å². The number of nitrogens with zero attached hydrogens (tertiary/aromatic N) is 1. The quantitative estimate of drug-likeness (QED) is 0.693. The number of hydrogen-bond donors (Lipinski definition) is 1. The molecule has 0 aliphatic heterocycles. The third-order valence-electron chi connectivity index (χ3n) is 4.11. The number of hydrogen-bond acceptors (Lipinski definition) is 7. The van der Waals surface area contributed by atoms with Gasteiger partial charge in [-0.2, -0.15) is 0 Å². The third kappa shape index (κ3) is 4.54. The molecule has 0 saturated heterocycles. The number of carbonyl (C=O) groups excluding carboxylic acids is 1. The molecule has 29 heavy (non-hydrogen) atoms. The van der Waals surface area contributed by atoms with Crippen LogP contribution in [0, 0.1) is 0 Å². The lowest BCUT2D eigenvalue weighted by molar-refractivity contribution is 0.102. The zero-order valence-electron chi connectivity index (χ0n) is 17.1. The van der Waals surface area contributed by atoms with Gasteiger partial charge < -0.3 is 24.3 Å². The normalized spacial score (nSPS) is 11.1. The number of ether oxygens (including phenoxy) is 4. The predicted octanol–water partition coefficient (Wildman–Crippen LogP) is 2.22. The molecule has 2 aromatic rings. The van der Waals surface area contributed by atoms with Gasteiger partial charge in [0.2, 0.25) is 15.8 Å². The summed E-state index contributed by atoms with van der Waals surface area (Å²) in [5.41, 5.74) is 0.525. The molecule has 10 heteroatoms. The van der Waals surface area contributed by atoms with Crippen LogP contribution in [-0.4, -0.2) is 61.2 Å². The average Bonchev–Trinajstić information content (AvgIpc) is 2.72. The molecule has 0 unspecified atom stereocenters. The molecule has 158 valence electrons. The number of methoxy groups -OCH3 is 4. The van der Waals surface area contributed by atoms with Crippen molar-refractivity contribution >= 4 is 21.6 Å². The second kappa shape index (κ2) is 9.01. The Morgan fingerprint density at radius 1 is 0.862 bits per heavy atom. The van der Waals surface area contributed by atoms with Crippen LogP contribution in [-0.2, 0) is 10.0 Å². The first kappa shape index (κ1) is 22.3. The molecule has 1 N–H and O–H groups in total. The Morgan fingerprint density at radius 2 is 1.41 bits per heavy atom. The van der Waals surface area contributed by atoms with Crippen LogP contribution in [0.1, 0.15) is 10.4 Å². The zero-order chi connectivity index (χ0) is 21.8. The van der Waals surface area contributed by atoms with Gasteiger partial charge in [0, 0.05) is 25.3 Å². The van der Waals surface area contributed by atoms with Crippen LogP contribution in [0.4, 0.5) is 5.69 Å². The summed E-state index contributed by atoms with van der Waals surface area (Å²) in [6.07, 6.45) is 0. The fraction of sp³-hybridized carbons (Fsp3) is 0.316. The molecule has 1 amide bonds. The van der Waals surface area contributed by atoms with Gasteiger partial charge in [-0.3, -0.25) is 4.79 Å². The minimum absolute atomic E-state index is 0.0623. The van der Waals surface area contributed by atoms with E-state index in [0.717, 1.165) is 4.31 Å². The lowest BCUT2D eigenvalue weighted by Crippen LogP contribution is -2.23. The highest BCUT2D eigenvalue weighted by molar-refractivity contribution is 7.89. The summed E-state index contributed by atoms with van der Waals surface area (Å²) in [4.78, 5) is 12.7. The highest BCUT2D eigenvalue weighted by atomic mass is 32.2. The number of rotatable bonds is 8. The van der Waals surface area contributed by atoms with Gasteiger partial charge >= 0.3 is 0 Å². The molecule has 0 atom stereocenters. The van der Waals surface area contributed by atoms with Crippen molar-refractivity contribution in [3.63, 3.8) is 0 Å². The van der Waals surface area contributed by atoms with E-state index in [2.05, 4.69) is 5.32 Å². The van der Waals surface area contributed by atoms with Crippen molar-refractivity contribution < 1.29 is 32.2 Å². The Morgan fingerprint density at radius 3 is 1.86 bits per heavy atom. The van der Waals surface area contributed by atoms with Gasteiger partial charge in [0.05, 0.1) is 28.4 Å². The minimum atomic E-state index is -3.77. The molecule has 0 fully saturated rings. The maximum Gasteiger partial charge on any atom is 0.255 e. The smallest absolute Gasteiger partial charge is 0.255 e. The summed E-state index contributed by atoms with van der Waals surface area (Å²) < 4.78 is 47.1. The fourth-order valence-electron chi connectivity index (χ4n) is 2.57. The molecule has 0 spiro atoms. The van der Waals surface area contributed by atoms with E-state index >= 15 is 0 Å². The first-order chi connectivity index (χ1) is 13.7. The van der Waals surface area contributed by atoms with E-state index in [1.165, 1.54) is 66.8 Å². The van der Waals surface area contributed by atoms with Crippen molar-refractivity contribution in [3.05, 3.63) is 35.9 Å². The molecule has 0 heterocycles. The van der Waals surface area contributed by atoms with Crippen LogP contribution in [0.25, 0.3) is 0 Å². The van der Waals surface area contributed by atoms with Gasteiger partial charge in [-0.15, -0.1) is 0 Å². The van der Waals surface area contributed by atoms with Gasteiger partial charge in [-0.1, -0.05) is 0 Å². The molecular formula is C19H24N2O7S. The van der Waals surface area contributed by atoms with E-state index in [9.17, 15) is 13.2 Å². The number of benzene rings is 2. The van der Waals surface area contributed by atoms with Crippen molar-refractivity contribution in [2.24, 2.45) is 0 Å². The summed E-state index contributed by atoms with van der Waals surface area (Å²) in [5.74, 6) is 0.688. The molecule has 0 aromatic heterocycles. The Balaban J connectivity index is 2.44. The van der Waals surface area contributed by atoms with Crippen molar-refractivity contribution in [2.45, 2.75) is 4.90 Å². The van der Waals surface area contributed by atoms with E-state index in [-0.39, 0.29) is 21.9 Å². The minimum Gasteiger partial charge on any atom is -0.495 e. The lowest BCUT2D eigenvalue weighted by Gasteiger charge is -2.16. The van der Waals surface area contributed by atoms with E-state index in [1.54, 1.807) is 6.07 Å². The van der Waals surface area contributed by atoms with Crippen molar-refractivity contribution in [3.8, 4) is 23.0 Å². The lowest BCUT2D eigenvalue weighted by atomic mass is 10.1. The molecule has 0 bridgehead atoms. The zero-order valence-corrected chi connectivity index (χ0v) is 17.9. The Hall–Kier alpha value is -2.98. The van der Waals surface area contributed by atoms with E-state index < -0.39 is 15.9 Å². The van der Waals surface area contributed by atoms with Gasteiger partial charge in [0.15, 0.2) is 11.5 Å². The fourth-order valence-corrected chi connectivity index (χ4v) is 3.64. The van der Waals surface area contributed by atoms with E-state index in [1.807, 2.05) is 0 Å². The summed E-state index contributed by atoms with van der Waals surface area (Å²) in [7, 11) is 4.78. The molecular weight excluding hydrogens is 400 g/mol. The average molecular weight is 424 g/mol. The summed E-state index contributed by atoms with van der Waals surface area (Å²) >= 11 is 0. The van der Waals surface area contributed by atoms with Crippen LogP contribution >= 0.6 is 0 Å². The van der Waals surface area contributed by atoms with Crippen LogP contribution in [0.3, 0.4) is 0 Å². The van der Waals surface area contributed by atoms with Crippen molar-refractivity contribution in [1.82, 2.24) is 4.31 Å². The van der Waals surface area contributed by atoms with Gasteiger partial charge in [-0.25, -0.2) is 12.7 Å². The van der Waals surface area contributed by atoms with Crippen LogP contribution in [0.2, 0.25) is 0 Å².